The molecule has 2 N–H and O–H groups in total. The van der Waals surface area contributed by atoms with Crippen LogP contribution in [0.5, 0.6) is 0 Å². The highest BCUT2D eigenvalue weighted by Crippen LogP contribution is 2.31. The second-order valence-electron chi connectivity index (χ2n) is 8.53. The maximum Gasteiger partial charge on any atom is 0.673 e. The van der Waals surface area contributed by atoms with Crippen LogP contribution < -0.4 is 10.6 Å². The molecule has 4 nitrogen and oxygen atoms in total. The third-order valence-electron chi connectivity index (χ3n) is 5.99. The maximum absolute atomic E-state index is 9.75. The monoisotopic (exact) mass is 429 g/mol. The number of rotatable bonds is 7. The summed E-state index contributed by atoms with van der Waals surface area (Å²) in [7, 11) is -6.00. The van der Waals surface area contributed by atoms with Gasteiger partial charge in [-0.05, 0) is 44.6 Å². The van der Waals surface area contributed by atoms with Gasteiger partial charge < -0.3 is 22.0 Å². The standard InChI is InChI=1S/C21H31N3O.BF4/c1-16-13-19-10-11-20-14-18(23-21(22-16)24(19)20)9-5-6-12-25-15-17-7-3-2-4-8-17;2-1(3,4)5/h2-4,7-8,16,18-20H,5-6,9-15H2,1H3,(H,22,23);/q;-1/p+1/t16-,18+,19+,20-;/m1./s1. The Morgan fingerprint density at radius 2 is 1.67 bits per heavy atom. The predicted octanol–water partition coefficient (Wildman–Crippen LogP) is 4.32. The number of benzene rings is 1. The molecule has 0 unspecified atom stereocenters. The van der Waals surface area contributed by atoms with Crippen molar-refractivity contribution < 1.29 is 26.6 Å². The van der Waals surface area contributed by atoms with Crippen LogP contribution >= 0.6 is 0 Å². The molecule has 3 aliphatic rings. The van der Waals surface area contributed by atoms with Crippen LogP contribution in [0, 0.1) is 0 Å². The largest absolute Gasteiger partial charge is 0.673 e. The average Bonchev–Trinajstić information content (AvgIpc) is 3.07. The van der Waals surface area contributed by atoms with Gasteiger partial charge >= 0.3 is 13.2 Å². The highest BCUT2D eigenvalue weighted by molar-refractivity contribution is 6.50. The maximum atomic E-state index is 9.75. The molecule has 3 heterocycles. The molecule has 0 bridgehead atoms. The van der Waals surface area contributed by atoms with E-state index in [1.54, 1.807) is 0 Å². The number of halogens is 4. The minimum absolute atomic E-state index is 0.604. The van der Waals surface area contributed by atoms with E-state index >= 15 is 0 Å². The zero-order valence-electron chi connectivity index (χ0n) is 17.5. The van der Waals surface area contributed by atoms with Gasteiger partial charge in [0.1, 0.15) is 0 Å². The lowest BCUT2D eigenvalue weighted by atomic mass is 9.99. The molecule has 9 heteroatoms. The lowest BCUT2D eigenvalue weighted by Crippen LogP contribution is -2.62. The predicted molar refractivity (Wildman–Crippen MR) is 111 cm³/mol. The summed E-state index contributed by atoms with van der Waals surface area (Å²) >= 11 is 0. The molecule has 0 aliphatic carbocycles. The van der Waals surface area contributed by atoms with Crippen molar-refractivity contribution in [3.63, 3.8) is 0 Å². The van der Waals surface area contributed by atoms with Gasteiger partial charge in [-0.1, -0.05) is 30.3 Å². The summed E-state index contributed by atoms with van der Waals surface area (Å²) in [5, 5.41) is 7.48. The number of guanidine groups is 1. The summed E-state index contributed by atoms with van der Waals surface area (Å²) in [6, 6.07) is 13.2. The quantitative estimate of drug-likeness (QED) is 0.294. The van der Waals surface area contributed by atoms with Crippen LogP contribution in [-0.2, 0) is 11.3 Å². The number of nitrogens with zero attached hydrogens (tertiary/aromatic N) is 1. The number of hydrogen-bond donors (Lipinski definition) is 2. The molecular formula is C21H32BF4N3O. The first kappa shape index (κ1) is 22.9. The lowest BCUT2D eigenvalue weighted by Gasteiger charge is -2.35. The third kappa shape index (κ3) is 7.18. The van der Waals surface area contributed by atoms with E-state index in [-0.39, 0.29) is 0 Å². The molecule has 0 spiro atoms. The van der Waals surface area contributed by atoms with Crippen molar-refractivity contribution in [3.05, 3.63) is 35.9 Å². The molecule has 0 saturated carbocycles. The van der Waals surface area contributed by atoms with E-state index in [9.17, 15) is 17.3 Å². The zero-order valence-corrected chi connectivity index (χ0v) is 17.5. The van der Waals surface area contributed by atoms with Crippen molar-refractivity contribution in [2.24, 2.45) is 0 Å². The van der Waals surface area contributed by atoms with Crippen LogP contribution in [0.1, 0.15) is 57.4 Å². The van der Waals surface area contributed by atoms with Crippen LogP contribution in [0.25, 0.3) is 0 Å². The minimum atomic E-state index is -6.00. The molecule has 30 heavy (non-hydrogen) atoms. The molecule has 0 aromatic heterocycles. The van der Waals surface area contributed by atoms with Crippen LogP contribution in [-0.4, -0.2) is 48.6 Å². The Morgan fingerprint density at radius 3 is 2.37 bits per heavy atom. The topological polar surface area (TPSA) is 36.3 Å². The molecule has 1 aromatic carbocycles. The average molecular weight is 429 g/mol. The Hall–Kier alpha value is -1.77. The van der Waals surface area contributed by atoms with E-state index in [1.807, 2.05) is 6.07 Å². The van der Waals surface area contributed by atoms with Gasteiger partial charge in [0.2, 0.25) is 0 Å². The van der Waals surface area contributed by atoms with Crippen molar-refractivity contribution in [1.29, 1.82) is 0 Å². The van der Waals surface area contributed by atoms with E-state index in [0.29, 0.717) is 12.1 Å². The van der Waals surface area contributed by atoms with Gasteiger partial charge in [0.25, 0.3) is 0 Å². The van der Waals surface area contributed by atoms with E-state index < -0.39 is 7.25 Å². The van der Waals surface area contributed by atoms with Crippen LogP contribution in [0.3, 0.4) is 0 Å². The minimum Gasteiger partial charge on any atom is -0.418 e. The van der Waals surface area contributed by atoms with Crippen molar-refractivity contribution in [1.82, 2.24) is 10.6 Å². The van der Waals surface area contributed by atoms with E-state index in [4.69, 9.17) is 4.74 Å². The van der Waals surface area contributed by atoms with Gasteiger partial charge in [-0.2, -0.15) is 0 Å². The van der Waals surface area contributed by atoms with Gasteiger partial charge in [-0.3, -0.25) is 15.2 Å². The Kier molecular flexibility index (Phi) is 8.02. The first-order valence-electron chi connectivity index (χ1n) is 11.0. The molecule has 1 saturated heterocycles. The van der Waals surface area contributed by atoms with Crippen molar-refractivity contribution in [2.75, 3.05) is 6.61 Å². The second-order valence-corrected chi connectivity index (χ2v) is 8.53. The molecule has 3 aliphatic heterocycles. The van der Waals surface area contributed by atoms with E-state index in [0.717, 1.165) is 31.7 Å². The van der Waals surface area contributed by atoms with Crippen LogP contribution in [0.4, 0.5) is 17.3 Å². The normalized spacial score (nSPS) is 27.5. The lowest BCUT2D eigenvalue weighted by molar-refractivity contribution is -0.593. The second kappa shape index (κ2) is 10.5. The van der Waals surface area contributed by atoms with Crippen LogP contribution in [0.2, 0.25) is 0 Å². The SMILES string of the molecule is C[C@@H]1C[C@@H]2CC[C@@H]3C[C@H](CCCCOCc4ccccc4)NC(=[N+]32)N1.F[B-](F)(F)F. The summed E-state index contributed by atoms with van der Waals surface area (Å²) < 4.78 is 47.5. The molecule has 1 aromatic rings. The van der Waals surface area contributed by atoms with Crippen molar-refractivity contribution in [3.8, 4) is 0 Å². The fourth-order valence-electron chi connectivity index (χ4n) is 4.81. The van der Waals surface area contributed by atoms with Gasteiger partial charge in [0.05, 0.1) is 30.8 Å². The number of ether oxygens (including phenoxy) is 1. The third-order valence-corrected chi connectivity index (χ3v) is 5.99. The molecule has 0 amide bonds. The first-order valence-corrected chi connectivity index (χ1v) is 11.0. The number of hydrogen-bond acceptors (Lipinski definition) is 3. The highest BCUT2D eigenvalue weighted by atomic mass is 19.5. The van der Waals surface area contributed by atoms with Crippen LogP contribution in [0.15, 0.2) is 30.3 Å². The molecule has 1 fully saturated rings. The Bertz CT molecular complexity index is 695. The van der Waals surface area contributed by atoms with Crippen molar-refractivity contribution in [2.45, 2.75) is 82.6 Å². The Balaban J connectivity index is 0.000000461. The Morgan fingerprint density at radius 1 is 1.00 bits per heavy atom. The van der Waals surface area contributed by atoms with E-state index in [1.165, 1.54) is 50.0 Å². The van der Waals surface area contributed by atoms with Gasteiger partial charge in [-0.25, -0.2) is 0 Å². The summed E-state index contributed by atoms with van der Waals surface area (Å²) in [6.07, 6.45) is 9.00. The van der Waals surface area contributed by atoms with Gasteiger partial charge in [-0.15, -0.1) is 0 Å². The molecule has 168 valence electrons. The molecule has 4 atom stereocenters. The molecule has 4 rings (SSSR count). The van der Waals surface area contributed by atoms with Gasteiger partial charge in [0.15, 0.2) is 0 Å². The number of unbranched alkanes of at least 4 members (excludes halogenated alkanes) is 1. The number of nitrogens with one attached hydrogen (secondary N) is 2. The molecular weight excluding hydrogens is 397 g/mol. The smallest absolute Gasteiger partial charge is 0.418 e. The highest BCUT2D eigenvalue weighted by Gasteiger charge is 2.44. The fourth-order valence-corrected chi connectivity index (χ4v) is 4.81. The molecule has 0 radical (unpaired) electrons. The summed E-state index contributed by atoms with van der Waals surface area (Å²) in [5.41, 5.74) is 1.27. The Labute approximate surface area is 176 Å². The van der Waals surface area contributed by atoms with Gasteiger partial charge in [0, 0.05) is 19.4 Å². The zero-order chi connectivity index (χ0) is 21.6. The van der Waals surface area contributed by atoms with E-state index in [2.05, 4.69) is 46.4 Å². The first-order chi connectivity index (χ1) is 14.3. The summed E-state index contributed by atoms with van der Waals surface area (Å²) in [4.78, 5) is 0. The van der Waals surface area contributed by atoms with Crippen molar-refractivity contribution >= 4 is 13.2 Å². The fraction of sp³-hybridized carbons (Fsp3) is 0.667. The summed E-state index contributed by atoms with van der Waals surface area (Å²) in [5.74, 6) is 1.32. The summed E-state index contributed by atoms with van der Waals surface area (Å²) in [6.45, 7) is 3.92.